The SMILES string of the molecule is COc1ccc(CNC(=O)/C(C#N)=C/c2ccc(OCc3ccccc3)cc2)c(OC)c1. The zero-order valence-corrected chi connectivity index (χ0v) is 18.0. The minimum Gasteiger partial charge on any atom is -0.497 e. The van der Waals surface area contributed by atoms with Crippen molar-refractivity contribution in [2.45, 2.75) is 13.2 Å². The van der Waals surface area contributed by atoms with Crippen molar-refractivity contribution in [2.24, 2.45) is 0 Å². The molecule has 6 heteroatoms. The zero-order chi connectivity index (χ0) is 22.8. The van der Waals surface area contributed by atoms with Crippen molar-refractivity contribution in [2.75, 3.05) is 14.2 Å². The number of methoxy groups -OCH3 is 2. The molecule has 0 heterocycles. The Hall–Kier alpha value is -4.24. The van der Waals surface area contributed by atoms with Gasteiger partial charge in [-0.25, -0.2) is 0 Å². The summed E-state index contributed by atoms with van der Waals surface area (Å²) in [6.45, 7) is 0.688. The first-order chi connectivity index (χ1) is 15.6. The molecule has 0 unspecified atom stereocenters. The molecule has 1 amide bonds. The molecule has 3 aromatic carbocycles. The number of amides is 1. The highest BCUT2D eigenvalue weighted by molar-refractivity contribution is 6.01. The quantitative estimate of drug-likeness (QED) is 0.401. The van der Waals surface area contributed by atoms with E-state index in [1.54, 1.807) is 44.6 Å². The third-order valence-electron chi connectivity index (χ3n) is 4.74. The molecule has 3 aromatic rings. The first-order valence-corrected chi connectivity index (χ1v) is 10.0. The summed E-state index contributed by atoms with van der Waals surface area (Å²) in [5.41, 5.74) is 2.59. The van der Waals surface area contributed by atoms with Gasteiger partial charge in [-0.05, 0) is 41.5 Å². The fourth-order valence-electron chi connectivity index (χ4n) is 2.99. The van der Waals surface area contributed by atoms with Crippen LogP contribution in [-0.2, 0) is 17.9 Å². The number of nitrogens with zero attached hydrogens (tertiary/aromatic N) is 1. The van der Waals surface area contributed by atoms with E-state index in [0.29, 0.717) is 23.9 Å². The van der Waals surface area contributed by atoms with E-state index >= 15 is 0 Å². The lowest BCUT2D eigenvalue weighted by molar-refractivity contribution is -0.117. The number of hydrogen-bond donors (Lipinski definition) is 1. The van der Waals surface area contributed by atoms with Crippen molar-refractivity contribution in [1.29, 1.82) is 5.26 Å². The summed E-state index contributed by atoms with van der Waals surface area (Å²) in [5, 5.41) is 12.2. The molecular weight excluding hydrogens is 404 g/mol. The average Bonchev–Trinajstić information content (AvgIpc) is 2.85. The number of hydrogen-bond acceptors (Lipinski definition) is 5. The van der Waals surface area contributed by atoms with Gasteiger partial charge in [0, 0.05) is 18.2 Å². The predicted octanol–water partition coefficient (Wildman–Crippen LogP) is 4.51. The molecule has 0 aliphatic heterocycles. The van der Waals surface area contributed by atoms with Gasteiger partial charge in [-0.2, -0.15) is 5.26 Å². The van der Waals surface area contributed by atoms with Gasteiger partial charge in [-0.1, -0.05) is 42.5 Å². The van der Waals surface area contributed by atoms with Crippen molar-refractivity contribution in [3.63, 3.8) is 0 Å². The monoisotopic (exact) mass is 428 g/mol. The van der Waals surface area contributed by atoms with E-state index in [4.69, 9.17) is 14.2 Å². The third-order valence-corrected chi connectivity index (χ3v) is 4.74. The molecule has 0 saturated heterocycles. The molecule has 0 aliphatic carbocycles. The summed E-state index contributed by atoms with van der Waals surface area (Å²) in [4.78, 5) is 12.5. The first kappa shape index (κ1) is 22.4. The van der Waals surface area contributed by atoms with Crippen LogP contribution < -0.4 is 19.5 Å². The molecule has 32 heavy (non-hydrogen) atoms. The standard InChI is InChI=1S/C26H24N2O4/c1-30-24-13-10-21(25(15-24)31-2)17-28-26(29)22(16-27)14-19-8-11-23(12-9-19)32-18-20-6-4-3-5-7-20/h3-15H,17-18H2,1-2H3,(H,28,29)/b22-14+. The lowest BCUT2D eigenvalue weighted by Gasteiger charge is -2.11. The Morgan fingerprint density at radius 2 is 1.69 bits per heavy atom. The third kappa shape index (κ3) is 6.13. The molecule has 162 valence electrons. The number of nitrogens with one attached hydrogen (secondary N) is 1. The number of carbonyl (C=O) groups excluding carboxylic acids is 1. The van der Waals surface area contributed by atoms with E-state index in [2.05, 4.69) is 5.32 Å². The van der Waals surface area contributed by atoms with Crippen LogP contribution in [-0.4, -0.2) is 20.1 Å². The van der Waals surface area contributed by atoms with Gasteiger partial charge >= 0.3 is 0 Å². The maximum absolute atomic E-state index is 12.5. The van der Waals surface area contributed by atoms with Crippen molar-refractivity contribution in [3.8, 4) is 23.3 Å². The molecule has 0 fully saturated rings. The van der Waals surface area contributed by atoms with Gasteiger partial charge < -0.3 is 19.5 Å². The number of nitriles is 1. The van der Waals surface area contributed by atoms with Crippen molar-refractivity contribution >= 4 is 12.0 Å². The lowest BCUT2D eigenvalue weighted by Crippen LogP contribution is -2.24. The van der Waals surface area contributed by atoms with E-state index in [1.165, 1.54) is 0 Å². The molecule has 0 radical (unpaired) electrons. The Morgan fingerprint density at radius 3 is 2.34 bits per heavy atom. The molecule has 6 nitrogen and oxygen atoms in total. The van der Waals surface area contributed by atoms with Crippen LogP contribution in [0, 0.1) is 11.3 Å². The molecule has 0 saturated carbocycles. The van der Waals surface area contributed by atoms with E-state index in [-0.39, 0.29) is 12.1 Å². The molecule has 0 spiro atoms. The largest absolute Gasteiger partial charge is 0.497 e. The predicted molar refractivity (Wildman–Crippen MR) is 122 cm³/mol. The number of benzene rings is 3. The average molecular weight is 428 g/mol. The zero-order valence-electron chi connectivity index (χ0n) is 18.0. The minimum atomic E-state index is -0.463. The van der Waals surface area contributed by atoms with Crippen LogP contribution in [0.25, 0.3) is 6.08 Å². The van der Waals surface area contributed by atoms with E-state index in [0.717, 1.165) is 16.7 Å². The molecule has 0 atom stereocenters. The van der Waals surface area contributed by atoms with Crippen LogP contribution in [0.3, 0.4) is 0 Å². The molecule has 3 rings (SSSR count). The summed E-state index contributed by atoms with van der Waals surface area (Å²) in [6, 6.07) is 24.4. The maximum atomic E-state index is 12.5. The lowest BCUT2D eigenvalue weighted by atomic mass is 10.1. The fraction of sp³-hybridized carbons (Fsp3) is 0.154. The highest BCUT2D eigenvalue weighted by Crippen LogP contribution is 2.24. The summed E-state index contributed by atoms with van der Waals surface area (Å²) < 4.78 is 16.3. The highest BCUT2D eigenvalue weighted by Gasteiger charge is 2.11. The smallest absolute Gasteiger partial charge is 0.262 e. The Labute approximate surface area is 187 Å². The van der Waals surface area contributed by atoms with Gasteiger partial charge in [-0.15, -0.1) is 0 Å². The van der Waals surface area contributed by atoms with E-state index in [1.807, 2.05) is 54.6 Å². The van der Waals surface area contributed by atoms with Crippen LogP contribution in [0.15, 0.2) is 78.4 Å². The Bertz CT molecular complexity index is 1120. The summed E-state index contributed by atoms with van der Waals surface area (Å²) in [5.74, 6) is 1.50. The fourth-order valence-corrected chi connectivity index (χ4v) is 2.99. The molecule has 0 aliphatic rings. The van der Waals surface area contributed by atoms with Gasteiger partial charge in [0.25, 0.3) is 5.91 Å². The van der Waals surface area contributed by atoms with Gasteiger partial charge in [0.15, 0.2) is 0 Å². The van der Waals surface area contributed by atoms with Crippen LogP contribution in [0.4, 0.5) is 0 Å². The summed E-state index contributed by atoms with van der Waals surface area (Å²) >= 11 is 0. The maximum Gasteiger partial charge on any atom is 0.262 e. The summed E-state index contributed by atoms with van der Waals surface area (Å²) in [6.07, 6.45) is 1.54. The molecule has 1 N–H and O–H groups in total. The van der Waals surface area contributed by atoms with E-state index < -0.39 is 5.91 Å². The number of ether oxygens (including phenoxy) is 3. The van der Waals surface area contributed by atoms with Crippen molar-refractivity contribution in [3.05, 3.63) is 95.1 Å². The summed E-state index contributed by atoms with van der Waals surface area (Å²) in [7, 11) is 3.12. The molecular formula is C26H24N2O4. The second-order valence-electron chi connectivity index (χ2n) is 6.87. The van der Waals surface area contributed by atoms with Crippen molar-refractivity contribution in [1.82, 2.24) is 5.32 Å². The van der Waals surface area contributed by atoms with Crippen molar-refractivity contribution < 1.29 is 19.0 Å². The van der Waals surface area contributed by atoms with Gasteiger partial charge in [0.05, 0.1) is 14.2 Å². The molecule has 0 aromatic heterocycles. The second kappa shape index (κ2) is 11.2. The number of carbonyl (C=O) groups is 1. The van der Waals surface area contributed by atoms with Crippen LogP contribution >= 0.6 is 0 Å². The molecule has 0 bridgehead atoms. The topological polar surface area (TPSA) is 80.6 Å². The Kier molecular flexibility index (Phi) is 7.88. The van der Waals surface area contributed by atoms with Crippen LogP contribution in [0.1, 0.15) is 16.7 Å². The van der Waals surface area contributed by atoms with Gasteiger partial charge in [0.2, 0.25) is 0 Å². The Balaban J connectivity index is 1.61. The van der Waals surface area contributed by atoms with Gasteiger partial charge in [-0.3, -0.25) is 4.79 Å². The van der Waals surface area contributed by atoms with Crippen LogP contribution in [0.5, 0.6) is 17.2 Å². The van der Waals surface area contributed by atoms with Gasteiger partial charge in [0.1, 0.15) is 35.5 Å². The minimum absolute atomic E-state index is 0.00966. The Morgan fingerprint density at radius 1 is 0.969 bits per heavy atom. The second-order valence-corrected chi connectivity index (χ2v) is 6.87. The highest BCUT2D eigenvalue weighted by atomic mass is 16.5. The normalized spacial score (nSPS) is 10.7. The van der Waals surface area contributed by atoms with Crippen LogP contribution in [0.2, 0.25) is 0 Å². The van der Waals surface area contributed by atoms with E-state index in [9.17, 15) is 10.1 Å². The number of rotatable bonds is 9. The first-order valence-electron chi connectivity index (χ1n) is 10.0.